The number of hydrogen-bond donors (Lipinski definition) is 2. The lowest BCUT2D eigenvalue weighted by Crippen LogP contribution is -2.33. The number of carbonyl (C=O) groups excluding carboxylic acids is 2. The Morgan fingerprint density at radius 3 is 2.32 bits per heavy atom. The predicted molar refractivity (Wildman–Crippen MR) is 103 cm³/mol. The van der Waals surface area contributed by atoms with E-state index in [1.54, 1.807) is 41.9 Å². The molecule has 2 aromatic carbocycles. The van der Waals surface area contributed by atoms with Gasteiger partial charge in [0.2, 0.25) is 5.91 Å². The zero-order chi connectivity index (χ0) is 20.4. The van der Waals surface area contributed by atoms with Crippen molar-refractivity contribution in [3.8, 4) is 0 Å². The van der Waals surface area contributed by atoms with Crippen molar-refractivity contribution in [3.63, 3.8) is 0 Å². The highest BCUT2D eigenvalue weighted by atomic mass is 17.0. The summed E-state index contributed by atoms with van der Waals surface area (Å²) < 4.78 is 0. The Morgan fingerprint density at radius 1 is 1.07 bits per heavy atom. The molecule has 7 nitrogen and oxygen atoms in total. The van der Waals surface area contributed by atoms with Gasteiger partial charge >= 0.3 is 5.91 Å². The minimum Gasteiger partial charge on any atom is -0.289 e. The van der Waals surface area contributed by atoms with Crippen LogP contribution in [0.2, 0.25) is 0 Å². The van der Waals surface area contributed by atoms with Crippen molar-refractivity contribution in [3.05, 3.63) is 71.3 Å². The molecule has 0 fully saturated rings. The second kappa shape index (κ2) is 11.2. The first kappa shape index (κ1) is 21.6. The van der Waals surface area contributed by atoms with Gasteiger partial charge in [0, 0.05) is 5.56 Å². The van der Waals surface area contributed by atoms with Crippen LogP contribution in [0.25, 0.3) is 0 Å². The summed E-state index contributed by atoms with van der Waals surface area (Å²) >= 11 is 0. The van der Waals surface area contributed by atoms with Crippen molar-refractivity contribution in [1.29, 1.82) is 0 Å². The fraction of sp³-hybridized carbons (Fsp3) is 0.333. The van der Waals surface area contributed by atoms with E-state index in [-0.39, 0.29) is 12.3 Å². The molecule has 0 bridgehead atoms. The predicted octanol–water partition coefficient (Wildman–Crippen LogP) is 3.60. The van der Waals surface area contributed by atoms with Gasteiger partial charge in [-0.05, 0) is 36.1 Å². The van der Waals surface area contributed by atoms with Crippen molar-refractivity contribution in [2.24, 2.45) is 0 Å². The molecule has 1 atom stereocenters. The summed E-state index contributed by atoms with van der Waals surface area (Å²) in [4.78, 5) is 35.4. The molecule has 0 aromatic heterocycles. The van der Waals surface area contributed by atoms with Gasteiger partial charge in [0.25, 0.3) is 0 Å². The highest BCUT2D eigenvalue weighted by Crippen LogP contribution is 2.24. The van der Waals surface area contributed by atoms with Crippen LogP contribution in [0.5, 0.6) is 0 Å². The summed E-state index contributed by atoms with van der Waals surface area (Å²) in [7, 11) is 0. The van der Waals surface area contributed by atoms with E-state index in [1.165, 1.54) is 0 Å². The Bertz CT molecular complexity index is 749. The highest BCUT2D eigenvalue weighted by Gasteiger charge is 2.23. The summed E-state index contributed by atoms with van der Waals surface area (Å²) in [5.41, 5.74) is 3.69. The molecule has 0 saturated heterocycles. The molecule has 0 spiro atoms. The molecule has 2 N–H and O–H groups in total. The molecule has 2 amide bonds. The summed E-state index contributed by atoms with van der Waals surface area (Å²) in [6.07, 6.45) is 1.03. The molecule has 2 aromatic rings. The van der Waals surface area contributed by atoms with Gasteiger partial charge in [0.15, 0.2) is 0 Å². The third-order valence-corrected chi connectivity index (χ3v) is 4.03. The number of hydroxylamine groups is 3. The summed E-state index contributed by atoms with van der Waals surface area (Å²) in [5, 5.41) is 9.58. The minimum absolute atomic E-state index is 0.0760. The average Bonchev–Trinajstić information content (AvgIpc) is 2.74. The SMILES string of the molecule is CCCON(OC(CC)c1ccc(CC(=O)NO)cc1)C(=O)c1ccccc1. The minimum atomic E-state index is -0.483. The smallest absolute Gasteiger partial charge is 0.289 e. The largest absolute Gasteiger partial charge is 0.303 e. The zero-order valence-corrected chi connectivity index (χ0v) is 16.1. The van der Waals surface area contributed by atoms with Gasteiger partial charge in [-0.15, -0.1) is 0 Å². The number of amides is 2. The van der Waals surface area contributed by atoms with E-state index in [4.69, 9.17) is 14.9 Å². The number of hydrogen-bond acceptors (Lipinski definition) is 5. The van der Waals surface area contributed by atoms with E-state index in [9.17, 15) is 9.59 Å². The lowest BCUT2D eigenvalue weighted by molar-refractivity contribution is -0.349. The standard InChI is InChI=1S/C21H26N2O5/c1-3-14-27-23(21(25)18-8-6-5-7-9-18)28-19(4-2)17-12-10-16(11-13-17)15-20(24)22-26/h5-13,19,26H,3-4,14-15H2,1-2H3,(H,22,24). The molecule has 7 heteroatoms. The summed E-state index contributed by atoms with van der Waals surface area (Å²) in [5.74, 6) is -0.854. The molecular formula is C21H26N2O5. The van der Waals surface area contributed by atoms with Crippen molar-refractivity contribution < 1.29 is 24.5 Å². The Morgan fingerprint density at radius 2 is 1.75 bits per heavy atom. The molecule has 150 valence electrons. The van der Waals surface area contributed by atoms with E-state index in [0.29, 0.717) is 18.6 Å². The van der Waals surface area contributed by atoms with Gasteiger partial charge in [0.05, 0.1) is 13.0 Å². The Labute approximate surface area is 164 Å². The Balaban J connectivity index is 2.13. The third-order valence-electron chi connectivity index (χ3n) is 4.03. The lowest BCUT2D eigenvalue weighted by Gasteiger charge is -2.26. The molecule has 0 saturated carbocycles. The maximum Gasteiger partial charge on any atom is 0.303 e. The Hall–Kier alpha value is -2.74. The molecule has 1 unspecified atom stereocenters. The van der Waals surface area contributed by atoms with Crippen molar-refractivity contribution in [1.82, 2.24) is 10.7 Å². The van der Waals surface area contributed by atoms with Crippen LogP contribution in [0.1, 0.15) is 54.3 Å². The molecule has 2 rings (SSSR count). The molecule has 0 aliphatic carbocycles. The maximum absolute atomic E-state index is 12.7. The van der Waals surface area contributed by atoms with Crippen LogP contribution in [0, 0.1) is 0 Å². The van der Waals surface area contributed by atoms with Gasteiger partial charge in [-0.25, -0.2) is 15.2 Å². The number of benzene rings is 2. The first-order valence-electron chi connectivity index (χ1n) is 9.30. The Kier molecular flexibility index (Phi) is 8.61. The van der Waals surface area contributed by atoms with Crippen LogP contribution < -0.4 is 5.48 Å². The van der Waals surface area contributed by atoms with Crippen LogP contribution >= 0.6 is 0 Å². The highest BCUT2D eigenvalue weighted by molar-refractivity contribution is 5.92. The van der Waals surface area contributed by atoms with Gasteiger partial charge in [-0.1, -0.05) is 61.5 Å². The number of carbonyl (C=O) groups is 2. The van der Waals surface area contributed by atoms with Crippen molar-refractivity contribution >= 4 is 11.8 Å². The van der Waals surface area contributed by atoms with Gasteiger partial charge < -0.3 is 0 Å². The molecule has 0 radical (unpaired) electrons. The van der Waals surface area contributed by atoms with Crippen LogP contribution in [-0.2, 0) is 20.9 Å². The number of nitrogens with one attached hydrogen (secondary N) is 1. The van der Waals surface area contributed by atoms with Crippen LogP contribution in [0.3, 0.4) is 0 Å². The summed E-state index contributed by atoms with van der Waals surface area (Å²) in [6, 6.07) is 16.0. The number of rotatable bonds is 10. The molecule has 28 heavy (non-hydrogen) atoms. The molecular weight excluding hydrogens is 360 g/mol. The topological polar surface area (TPSA) is 88.1 Å². The van der Waals surface area contributed by atoms with Crippen LogP contribution in [-0.4, -0.2) is 28.9 Å². The van der Waals surface area contributed by atoms with Crippen molar-refractivity contribution in [2.45, 2.75) is 39.2 Å². The number of nitrogens with zero attached hydrogens (tertiary/aromatic N) is 1. The summed E-state index contributed by atoms with van der Waals surface area (Å²) in [6.45, 7) is 4.25. The van der Waals surface area contributed by atoms with Crippen LogP contribution in [0.15, 0.2) is 54.6 Å². The van der Waals surface area contributed by atoms with Crippen molar-refractivity contribution in [2.75, 3.05) is 6.61 Å². The van der Waals surface area contributed by atoms with E-state index >= 15 is 0 Å². The fourth-order valence-electron chi connectivity index (χ4n) is 2.56. The molecule has 0 heterocycles. The van der Waals surface area contributed by atoms with E-state index in [2.05, 4.69) is 0 Å². The first-order chi connectivity index (χ1) is 13.6. The molecule has 0 aliphatic heterocycles. The second-order valence-electron chi connectivity index (χ2n) is 6.22. The molecule has 0 aliphatic rings. The second-order valence-corrected chi connectivity index (χ2v) is 6.22. The quantitative estimate of drug-likeness (QED) is 0.481. The van der Waals surface area contributed by atoms with Gasteiger partial charge in [-0.2, -0.15) is 0 Å². The van der Waals surface area contributed by atoms with E-state index in [1.807, 2.05) is 32.0 Å². The first-order valence-corrected chi connectivity index (χ1v) is 9.30. The normalized spacial score (nSPS) is 11.7. The lowest BCUT2D eigenvalue weighted by atomic mass is 10.0. The maximum atomic E-state index is 12.7. The van der Waals surface area contributed by atoms with Gasteiger partial charge in [0.1, 0.15) is 6.10 Å². The average molecular weight is 386 g/mol. The van der Waals surface area contributed by atoms with Crippen LogP contribution in [0.4, 0.5) is 0 Å². The zero-order valence-electron chi connectivity index (χ0n) is 16.1. The van der Waals surface area contributed by atoms with E-state index < -0.39 is 12.0 Å². The monoisotopic (exact) mass is 386 g/mol. The third kappa shape index (κ3) is 6.16. The fourth-order valence-corrected chi connectivity index (χ4v) is 2.56. The van der Waals surface area contributed by atoms with Gasteiger partial charge in [-0.3, -0.25) is 14.8 Å². The van der Waals surface area contributed by atoms with E-state index in [0.717, 1.165) is 22.8 Å².